The Bertz CT molecular complexity index is 1560. The normalized spacial score (nSPS) is 13.8. The molecule has 1 fully saturated rings. The number of anilines is 1. The van der Waals surface area contributed by atoms with E-state index in [9.17, 15) is 9.59 Å². The molecule has 0 saturated carbocycles. The van der Waals surface area contributed by atoms with Crippen LogP contribution in [0.5, 0.6) is 11.5 Å². The van der Waals surface area contributed by atoms with Crippen LogP contribution in [-0.2, 0) is 17.8 Å². The number of ether oxygens (including phenoxy) is 2. The minimum Gasteiger partial charge on any atom is -0.493 e. The van der Waals surface area contributed by atoms with Crippen LogP contribution in [0.3, 0.4) is 0 Å². The smallest absolute Gasteiger partial charge is 0.253 e. The first-order chi connectivity index (χ1) is 20.9. The van der Waals surface area contributed by atoms with Crippen LogP contribution in [0.4, 0.5) is 5.69 Å². The number of nitrogens with zero attached hydrogens (tertiary/aromatic N) is 3. The molecule has 43 heavy (non-hydrogen) atoms. The third kappa shape index (κ3) is 7.39. The summed E-state index contributed by atoms with van der Waals surface area (Å²) in [6, 6.07) is 20.7. The third-order valence-electron chi connectivity index (χ3n) is 7.75. The van der Waals surface area contributed by atoms with Crippen molar-refractivity contribution in [3.8, 4) is 22.9 Å². The number of likely N-dealkylation sites (tertiary alicyclic amines) is 1. The Morgan fingerprint density at radius 3 is 2.49 bits per heavy atom. The number of benzene rings is 3. The lowest BCUT2D eigenvalue weighted by atomic mass is 9.95. The zero-order valence-corrected chi connectivity index (χ0v) is 24.8. The highest BCUT2D eigenvalue weighted by molar-refractivity contribution is 6.04. The maximum absolute atomic E-state index is 13.2. The van der Waals surface area contributed by atoms with Crippen LogP contribution in [0.1, 0.15) is 40.2 Å². The number of hydrogen-bond acceptors (Lipinski definition) is 8. The highest BCUT2D eigenvalue weighted by Gasteiger charge is 2.27. The van der Waals surface area contributed by atoms with E-state index in [1.807, 2.05) is 55.5 Å². The van der Waals surface area contributed by atoms with Gasteiger partial charge in [-0.3, -0.25) is 14.5 Å². The van der Waals surface area contributed by atoms with Crippen LogP contribution in [-0.4, -0.2) is 60.7 Å². The van der Waals surface area contributed by atoms with E-state index >= 15 is 0 Å². The van der Waals surface area contributed by atoms with Crippen LogP contribution in [0.25, 0.3) is 11.4 Å². The van der Waals surface area contributed by atoms with Gasteiger partial charge in [0.25, 0.3) is 5.91 Å². The van der Waals surface area contributed by atoms with E-state index in [0.29, 0.717) is 66.8 Å². The lowest BCUT2D eigenvalue weighted by Gasteiger charge is -2.30. The lowest BCUT2D eigenvalue weighted by Crippen LogP contribution is -2.38. The number of nitrogens with one attached hydrogen (secondary N) is 2. The molecule has 5 rings (SSSR count). The van der Waals surface area contributed by atoms with Crippen LogP contribution < -0.4 is 20.1 Å². The first-order valence-electron chi connectivity index (χ1n) is 14.4. The molecular weight excluding hydrogens is 546 g/mol. The van der Waals surface area contributed by atoms with Gasteiger partial charge in [-0.15, -0.1) is 0 Å². The summed E-state index contributed by atoms with van der Waals surface area (Å²) >= 11 is 0. The Hall–Kier alpha value is -4.70. The van der Waals surface area contributed by atoms with Crippen molar-refractivity contribution in [2.24, 2.45) is 5.92 Å². The Kier molecular flexibility index (Phi) is 9.68. The molecule has 0 aliphatic carbocycles. The van der Waals surface area contributed by atoms with E-state index in [1.54, 1.807) is 32.4 Å². The first-order valence-corrected chi connectivity index (χ1v) is 14.4. The number of amides is 2. The molecule has 2 N–H and O–H groups in total. The van der Waals surface area contributed by atoms with Crippen molar-refractivity contribution in [3.05, 3.63) is 89.3 Å². The number of carbonyl (C=O) groups excluding carboxylic acids is 2. The first kappa shape index (κ1) is 29.8. The molecule has 1 aromatic heterocycles. The molecule has 0 radical (unpaired) electrons. The summed E-state index contributed by atoms with van der Waals surface area (Å²) in [5.41, 5.74) is 4.00. The molecule has 1 saturated heterocycles. The van der Waals surface area contributed by atoms with Gasteiger partial charge in [0.2, 0.25) is 17.6 Å². The number of piperidine rings is 1. The zero-order valence-electron chi connectivity index (χ0n) is 24.8. The molecule has 2 amide bonds. The number of carbonyl (C=O) groups is 2. The van der Waals surface area contributed by atoms with Gasteiger partial charge in [0, 0.05) is 18.0 Å². The largest absolute Gasteiger partial charge is 0.493 e. The molecule has 4 aromatic rings. The molecule has 10 nitrogen and oxygen atoms in total. The Balaban J connectivity index is 1.11. The maximum Gasteiger partial charge on any atom is 0.253 e. The highest BCUT2D eigenvalue weighted by atomic mass is 16.5. The second-order valence-electron chi connectivity index (χ2n) is 10.6. The molecular formula is C33H37N5O5. The topological polar surface area (TPSA) is 119 Å². The van der Waals surface area contributed by atoms with Gasteiger partial charge in [-0.25, -0.2) is 0 Å². The van der Waals surface area contributed by atoms with Crippen molar-refractivity contribution in [2.45, 2.75) is 32.7 Å². The monoisotopic (exact) mass is 583 g/mol. The van der Waals surface area contributed by atoms with Gasteiger partial charge in [-0.2, -0.15) is 4.98 Å². The summed E-state index contributed by atoms with van der Waals surface area (Å²) in [4.78, 5) is 33.0. The summed E-state index contributed by atoms with van der Waals surface area (Å²) in [5, 5.41) is 10.1. The van der Waals surface area contributed by atoms with Crippen molar-refractivity contribution in [1.82, 2.24) is 20.4 Å². The highest BCUT2D eigenvalue weighted by Crippen LogP contribution is 2.28. The Morgan fingerprint density at radius 1 is 0.977 bits per heavy atom. The molecule has 0 unspecified atom stereocenters. The van der Waals surface area contributed by atoms with Crippen LogP contribution in [0, 0.1) is 12.8 Å². The quantitative estimate of drug-likeness (QED) is 0.256. The fraction of sp³-hybridized carbons (Fsp3) is 0.333. The lowest BCUT2D eigenvalue weighted by molar-refractivity contribution is -0.121. The second kappa shape index (κ2) is 14.0. The summed E-state index contributed by atoms with van der Waals surface area (Å²) < 4.78 is 16.2. The molecule has 0 bridgehead atoms. The second-order valence-corrected chi connectivity index (χ2v) is 10.6. The summed E-state index contributed by atoms with van der Waals surface area (Å²) in [6.45, 7) is 4.46. The molecule has 224 valence electrons. The van der Waals surface area contributed by atoms with Crippen LogP contribution >= 0.6 is 0 Å². The molecule has 0 spiro atoms. The number of hydrogen-bond donors (Lipinski definition) is 2. The number of methoxy groups -OCH3 is 2. The maximum atomic E-state index is 13.2. The third-order valence-corrected chi connectivity index (χ3v) is 7.75. The summed E-state index contributed by atoms with van der Waals surface area (Å²) in [7, 11) is 3.19. The fourth-order valence-electron chi connectivity index (χ4n) is 5.27. The Morgan fingerprint density at radius 2 is 1.72 bits per heavy atom. The molecule has 1 aliphatic heterocycles. The SMILES string of the molecule is COc1ccc(CCNC(=O)c2ccccc2NC(=O)C2CCN(Cc3nc(-c4ccccc4C)no3)CC2)cc1OC. The number of rotatable bonds is 11. The van der Waals surface area contributed by atoms with E-state index < -0.39 is 0 Å². The minimum absolute atomic E-state index is 0.0788. The van der Waals surface area contributed by atoms with Crippen molar-refractivity contribution in [2.75, 3.05) is 39.2 Å². The molecule has 2 heterocycles. The van der Waals surface area contributed by atoms with Gasteiger partial charge < -0.3 is 24.6 Å². The molecule has 10 heteroatoms. The fourth-order valence-corrected chi connectivity index (χ4v) is 5.27. The standard InChI is InChI=1S/C33H37N5O5/c1-22-8-4-5-9-25(22)31-36-30(43-37-31)21-38-18-15-24(16-19-38)32(39)35-27-11-7-6-10-26(27)33(40)34-17-14-23-12-13-28(41-2)29(20-23)42-3/h4-13,20,24H,14-19,21H2,1-3H3,(H,34,40)(H,35,39). The van der Waals surface area contributed by atoms with Crippen molar-refractivity contribution >= 4 is 17.5 Å². The van der Waals surface area contributed by atoms with Crippen LogP contribution in [0.15, 0.2) is 71.3 Å². The molecule has 1 aliphatic rings. The molecule has 3 aromatic carbocycles. The zero-order chi connectivity index (χ0) is 30.2. The van der Waals surface area contributed by atoms with Gasteiger partial charge in [0.15, 0.2) is 11.5 Å². The van der Waals surface area contributed by atoms with Crippen LogP contribution in [0.2, 0.25) is 0 Å². The van der Waals surface area contributed by atoms with E-state index in [-0.39, 0.29) is 17.7 Å². The average Bonchev–Trinajstić information content (AvgIpc) is 3.49. The van der Waals surface area contributed by atoms with Gasteiger partial charge in [-0.05, 0) is 74.7 Å². The Labute approximate surface area is 251 Å². The molecule has 0 atom stereocenters. The summed E-state index contributed by atoms with van der Waals surface area (Å²) in [5.74, 6) is 1.98. The van der Waals surface area contributed by atoms with Gasteiger partial charge in [0.1, 0.15) is 0 Å². The van der Waals surface area contributed by atoms with Crippen molar-refractivity contribution in [1.29, 1.82) is 0 Å². The number of para-hydroxylation sites is 1. The van der Waals surface area contributed by atoms with E-state index in [0.717, 1.165) is 29.8 Å². The van der Waals surface area contributed by atoms with Gasteiger partial charge >= 0.3 is 0 Å². The number of aryl methyl sites for hydroxylation is 1. The van der Waals surface area contributed by atoms with E-state index in [2.05, 4.69) is 25.7 Å². The average molecular weight is 584 g/mol. The van der Waals surface area contributed by atoms with Gasteiger partial charge in [-0.1, -0.05) is 47.6 Å². The van der Waals surface area contributed by atoms with Crippen molar-refractivity contribution < 1.29 is 23.6 Å². The van der Waals surface area contributed by atoms with Crippen molar-refractivity contribution in [3.63, 3.8) is 0 Å². The van der Waals surface area contributed by atoms with E-state index in [4.69, 9.17) is 14.0 Å². The minimum atomic E-state index is -0.240. The number of aromatic nitrogens is 2. The predicted octanol–water partition coefficient (Wildman–Crippen LogP) is 4.89. The predicted molar refractivity (Wildman–Crippen MR) is 163 cm³/mol. The van der Waals surface area contributed by atoms with Gasteiger partial charge in [0.05, 0.1) is 32.0 Å². The van der Waals surface area contributed by atoms with E-state index in [1.165, 1.54) is 0 Å². The summed E-state index contributed by atoms with van der Waals surface area (Å²) in [6.07, 6.45) is 2.02.